The van der Waals surface area contributed by atoms with E-state index in [2.05, 4.69) is 54.0 Å². The zero-order valence-corrected chi connectivity index (χ0v) is 20.7. The van der Waals surface area contributed by atoms with E-state index >= 15 is 0 Å². The van der Waals surface area contributed by atoms with Crippen LogP contribution in [-0.4, -0.2) is 28.5 Å². The quantitative estimate of drug-likeness (QED) is 0.260. The number of rotatable bonds is 6. The van der Waals surface area contributed by atoms with Crippen LogP contribution in [0.15, 0.2) is 78.5 Å². The Kier molecular flexibility index (Phi) is 6.60. The molecule has 0 N–H and O–H groups in total. The van der Waals surface area contributed by atoms with Crippen molar-refractivity contribution in [3.05, 3.63) is 106 Å². The van der Waals surface area contributed by atoms with Crippen molar-refractivity contribution in [2.45, 2.75) is 33.4 Å². The molecule has 5 rings (SSSR count). The molecule has 36 heavy (non-hydrogen) atoms. The van der Waals surface area contributed by atoms with Crippen LogP contribution in [0.25, 0.3) is 17.0 Å². The van der Waals surface area contributed by atoms with Gasteiger partial charge in [0.15, 0.2) is 0 Å². The van der Waals surface area contributed by atoms with Gasteiger partial charge in [-0.3, -0.25) is 4.79 Å². The third-order valence-electron chi connectivity index (χ3n) is 6.82. The van der Waals surface area contributed by atoms with Gasteiger partial charge in [-0.15, -0.1) is 0 Å². The number of hydrogen-bond donors (Lipinski definition) is 0. The van der Waals surface area contributed by atoms with Crippen molar-refractivity contribution in [3.8, 4) is 11.8 Å². The number of carbonyl (C=O) groups is 1. The normalized spacial score (nSPS) is 13.4. The topological polar surface area (TPSA) is 58.3 Å². The number of nitrogens with zero attached hydrogens (tertiary/aromatic N) is 3. The molecule has 1 aliphatic heterocycles. The largest absolute Gasteiger partial charge is 0.491 e. The summed E-state index contributed by atoms with van der Waals surface area (Å²) in [7, 11) is 0. The van der Waals surface area contributed by atoms with Crippen molar-refractivity contribution in [3.63, 3.8) is 0 Å². The summed E-state index contributed by atoms with van der Waals surface area (Å²) in [5.41, 5.74) is 6.76. The molecule has 0 radical (unpaired) electrons. The first-order valence-corrected chi connectivity index (χ1v) is 12.3. The van der Waals surface area contributed by atoms with Crippen molar-refractivity contribution in [2.75, 3.05) is 13.2 Å². The predicted octanol–water partition coefficient (Wildman–Crippen LogP) is 5.83. The number of aryl methyl sites for hydroxylation is 2. The number of ether oxygens (including phenoxy) is 1. The smallest absolute Gasteiger partial charge is 0.264 e. The molecule has 0 spiro atoms. The number of fused-ring (bicyclic) bond motifs is 2. The van der Waals surface area contributed by atoms with E-state index in [4.69, 9.17) is 4.74 Å². The lowest BCUT2D eigenvalue weighted by atomic mass is 9.99. The number of nitriles is 1. The molecule has 4 aromatic rings. The Morgan fingerprint density at radius 1 is 1.06 bits per heavy atom. The Labute approximate surface area is 211 Å². The average molecular weight is 476 g/mol. The summed E-state index contributed by atoms with van der Waals surface area (Å²) in [6.45, 7) is 6.42. The molecule has 1 aliphatic rings. The summed E-state index contributed by atoms with van der Waals surface area (Å²) in [5.74, 6) is 0.675. The molecule has 5 heteroatoms. The SMILES string of the molecule is Cc1ccc(C)c(OCCn2cc(C=C(C#N)C(=O)N3CCc4ccccc4C3)c3ccccc32)c1. The first kappa shape index (κ1) is 23.4. The van der Waals surface area contributed by atoms with Crippen LogP contribution >= 0.6 is 0 Å². The highest BCUT2D eigenvalue weighted by Crippen LogP contribution is 2.26. The summed E-state index contributed by atoms with van der Waals surface area (Å²) in [5, 5.41) is 10.9. The Morgan fingerprint density at radius 3 is 2.67 bits per heavy atom. The molecule has 1 amide bonds. The minimum Gasteiger partial charge on any atom is -0.491 e. The standard InChI is InChI=1S/C31H29N3O2/c1-22-11-12-23(2)30(17-22)36-16-15-33-21-27(28-9-5-6-10-29(28)33)18-26(19-32)31(35)34-14-13-24-7-3-4-8-25(24)20-34/h3-12,17-18,21H,13-16,20H2,1-2H3. The molecule has 0 saturated carbocycles. The highest BCUT2D eigenvalue weighted by molar-refractivity contribution is 6.04. The highest BCUT2D eigenvalue weighted by atomic mass is 16.5. The van der Waals surface area contributed by atoms with Crippen LogP contribution in [0.1, 0.15) is 27.8 Å². The fraction of sp³-hybridized carbons (Fsp3) is 0.226. The monoisotopic (exact) mass is 475 g/mol. The van der Waals surface area contributed by atoms with Crippen molar-refractivity contribution in [1.29, 1.82) is 5.26 Å². The fourth-order valence-electron chi connectivity index (χ4n) is 4.83. The summed E-state index contributed by atoms with van der Waals surface area (Å²) >= 11 is 0. The van der Waals surface area contributed by atoms with Crippen LogP contribution in [-0.2, 0) is 24.3 Å². The van der Waals surface area contributed by atoms with Crippen LogP contribution in [0.2, 0.25) is 0 Å². The second-order valence-corrected chi connectivity index (χ2v) is 9.33. The van der Waals surface area contributed by atoms with Gasteiger partial charge in [-0.25, -0.2) is 0 Å². The Morgan fingerprint density at radius 2 is 1.83 bits per heavy atom. The van der Waals surface area contributed by atoms with Gasteiger partial charge in [-0.1, -0.05) is 54.6 Å². The van der Waals surface area contributed by atoms with Gasteiger partial charge in [0.05, 0.1) is 6.54 Å². The van der Waals surface area contributed by atoms with Gasteiger partial charge >= 0.3 is 0 Å². The number of benzene rings is 3. The second-order valence-electron chi connectivity index (χ2n) is 9.33. The van der Waals surface area contributed by atoms with Crippen molar-refractivity contribution < 1.29 is 9.53 Å². The second kappa shape index (κ2) is 10.1. The maximum absolute atomic E-state index is 13.3. The Hall–Kier alpha value is -4.30. The maximum Gasteiger partial charge on any atom is 0.264 e. The lowest BCUT2D eigenvalue weighted by Gasteiger charge is -2.28. The zero-order chi connectivity index (χ0) is 25.1. The number of para-hydroxylation sites is 1. The Bertz CT molecular complexity index is 1510. The molecule has 3 aromatic carbocycles. The summed E-state index contributed by atoms with van der Waals surface area (Å²) in [6, 6.07) is 24.6. The molecule has 0 aliphatic carbocycles. The average Bonchev–Trinajstić information content (AvgIpc) is 3.25. The van der Waals surface area contributed by atoms with Crippen LogP contribution in [0.3, 0.4) is 0 Å². The molecular weight excluding hydrogens is 446 g/mol. The first-order chi connectivity index (χ1) is 17.5. The van der Waals surface area contributed by atoms with Crippen LogP contribution in [0, 0.1) is 25.2 Å². The van der Waals surface area contributed by atoms with Crippen LogP contribution < -0.4 is 4.74 Å². The van der Waals surface area contributed by atoms with E-state index in [0.29, 0.717) is 26.2 Å². The molecule has 180 valence electrons. The fourth-order valence-corrected chi connectivity index (χ4v) is 4.83. The van der Waals surface area contributed by atoms with E-state index in [0.717, 1.165) is 39.8 Å². The van der Waals surface area contributed by atoms with Crippen molar-refractivity contribution in [1.82, 2.24) is 9.47 Å². The van der Waals surface area contributed by atoms with Gasteiger partial charge < -0.3 is 14.2 Å². The van der Waals surface area contributed by atoms with Crippen LogP contribution in [0.4, 0.5) is 0 Å². The molecule has 0 saturated heterocycles. The highest BCUT2D eigenvalue weighted by Gasteiger charge is 2.23. The summed E-state index contributed by atoms with van der Waals surface area (Å²) < 4.78 is 8.21. The molecule has 0 atom stereocenters. The third kappa shape index (κ3) is 4.76. The minimum absolute atomic E-state index is 0.156. The van der Waals surface area contributed by atoms with E-state index in [-0.39, 0.29) is 11.5 Å². The molecule has 0 fully saturated rings. The van der Waals surface area contributed by atoms with Gasteiger partial charge in [0.1, 0.15) is 24.0 Å². The molecule has 0 unspecified atom stereocenters. The van der Waals surface area contributed by atoms with Gasteiger partial charge in [-0.2, -0.15) is 5.26 Å². The number of carbonyl (C=O) groups excluding carboxylic acids is 1. The van der Waals surface area contributed by atoms with Gasteiger partial charge in [0.25, 0.3) is 5.91 Å². The third-order valence-corrected chi connectivity index (χ3v) is 6.82. The molecule has 2 heterocycles. The summed E-state index contributed by atoms with van der Waals surface area (Å²) in [6.07, 6.45) is 4.54. The molecule has 0 bridgehead atoms. The number of aromatic nitrogens is 1. The van der Waals surface area contributed by atoms with E-state index in [1.807, 2.05) is 43.5 Å². The maximum atomic E-state index is 13.3. The van der Waals surface area contributed by atoms with Crippen molar-refractivity contribution in [2.24, 2.45) is 0 Å². The van der Waals surface area contributed by atoms with E-state index in [9.17, 15) is 10.1 Å². The van der Waals surface area contributed by atoms with Crippen molar-refractivity contribution >= 4 is 22.9 Å². The summed E-state index contributed by atoms with van der Waals surface area (Å²) in [4.78, 5) is 15.1. The molecule has 1 aromatic heterocycles. The Balaban J connectivity index is 1.37. The minimum atomic E-state index is -0.220. The van der Waals surface area contributed by atoms with Gasteiger partial charge in [0.2, 0.25) is 0 Å². The number of hydrogen-bond acceptors (Lipinski definition) is 3. The predicted molar refractivity (Wildman–Crippen MR) is 143 cm³/mol. The van der Waals surface area contributed by atoms with E-state index in [1.165, 1.54) is 11.1 Å². The van der Waals surface area contributed by atoms with E-state index in [1.54, 1.807) is 11.0 Å². The zero-order valence-electron chi connectivity index (χ0n) is 20.7. The molecule has 5 nitrogen and oxygen atoms in total. The lowest BCUT2D eigenvalue weighted by Crippen LogP contribution is -2.36. The van der Waals surface area contributed by atoms with Gasteiger partial charge in [0, 0.05) is 35.8 Å². The van der Waals surface area contributed by atoms with Gasteiger partial charge in [-0.05, 0) is 60.7 Å². The van der Waals surface area contributed by atoms with Crippen LogP contribution in [0.5, 0.6) is 5.75 Å². The first-order valence-electron chi connectivity index (χ1n) is 12.3. The lowest BCUT2D eigenvalue weighted by molar-refractivity contribution is -0.127. The number of amides is 1. The van der Waals surface area contributed by atoms with E-state index < -0.39 is 0 Å². The molecular formula is C31H29N3O2.